The molecule has 1 heterocycles. The fourth-order valence-electron chi connectivity index (χ4n) is 2.23. The maximum absolute atomic E-state index is 11.8. The number of carboxylic acid groups (broad SMARTS) is 1. The van der Waals surface area contributed by atoms with Gasteiger partial charge in [-0.05, 0) is 24.1 Å². The number of aliphatic hydroxyl groups excluding tert-OH is 4. The Morgan fingerprint density at radius 2 is 1.47 bits per heavy atom. The van der Waals surface area contributed by atoms with Crippen LogP contribution in [0.5, 0.6) is 0 Å². The lowest BCUT2D eigenvalue weighted by atomic mass is 9.99. The van der Waals surface area contributed by atoms with E-state index in [1.807, 2.05) is 46.8 Å². The quantitative estimate of drug-likeness (QED) is 0.411. The number of aliphatic carboxylic acids is 1. The van der Waals surface area contributed by atoms with Crippen LogP contribution >= 0.6 is 0 Å². The molecule has 2 rings (SSSR count). The number of carbonyl (C=O) groups excluding carboxylic acids is 1. The molecule has 1 aliphatic rings. The summed E-state index contributed by atoms with van der Waals surface area (Å²) in [5, 5.41) is 47.2. The minimum atomic E-state index is -1.85. The van der Waals surface area contributed by atoms with E-state index in [0.29, 0.717) is 5.69 Å². The van der Waals surface area contributed by atoms with Crippen LogP contribution in [0.1, 0.15) is 40.2 Å². The Balaban J connectivity index is 0. The summed E-state index contributed by atoms with van der Waals surface area (Å²) in [7, 11) is 1.00. The van der Waals surface area contributed by atoms with Gasteiger partial charge in [-0.3, -0.25) is 5.32 Å². The fourth-order valence-corrected chi connectivity index (χ4v) is 2.23. The molecule has 5 atom stereocenters. The van der Waals surface area contributed by atoms with Crippen LogP contribution in [-0.4, -0.2) is 75.4 Å². The lowest BCUT2D eigenvalue weighted by Crippen LogP contribution is -2.60. The number of aryl methyl sites for hydroxylation is 1. The number of carbonyl (C=O) groups is 2. The molecule has 5 unspecified atom stereocenters. The van der Waals surface area contributed by atoms with Gasteiger partial charge in [0, 0.05) is 12.8 Å². The van der Waals surface area contributed by atoms with Crippen molar-refractivity contribution in [2.45, 2.75) is 71.7 Å². The van der Waals surface area contributed by atoms with Crippen molar-refractivity contribution < 1.29 is 44.6 Å². The van der Waals surface area contributed by atoms with Crippen molar-refractivity contribution in [3.8, 4) is 0 Å². The van der Waals surface area contributed by atoms with E-state index in [2.05, 4.69) is 5.32 Å². The molecule has 0 aromatic heterocycles. The third kappa shape index (κ3) is 9.06. The molecular formula is C20H35NO9. The summed E-state index contributed by atoms with van der Waals surface area (Å²) >= 11 is 0. The van der Waals surface area contributed by atoms with Crippen molar-refractivity contribution in [2.75, 3.05) is 12.4 Å². The lowest BCUT2D eigenvalue weighted by Gasteiger charge is -2.37. The summed E-state index contributed by atoms with van der Waals surface area (Å²) < 4.78 is 9.65. The van der Waals surface area contributed by atoms with Gasteiger partial charge in [-0.1, -0.05) is 46.8 Å². The van der Waals surface area contributed by atoms with E-state index in [-0.39, 0.29) is 0 Å². The summed E-state index contributed by atoms with van der Waals surface area (Å²) in [6.45, 7) is 9.98. The van der Waals surface area contributed by atoms with Gasteiger partial charge in [-0.25, -0.2) is 9.59 Å². The summed E-state index contributed by atoms with van der Waals surface area (Å²) in [5.41, 5.74) is 1.50. The number of amides is 1. The second-order valence-electron chi connectivity index (χ2n) is 5.32. The van der Waals surface area contributed by atoms with Crippen LogP contribution in [0.25, 0.3) is 0 Å². The number of ether oxygens (including phenoxy) is 2. The maximum atomic E-state index is 11.8. The number of aliphatic hydroxyl groups is 4. The van der Waals surface area contributed by atoms with Crippen molar-refractivity contribution in [1.29, 1.82) is 0 Å². The van der Waals surface area contributed by atoms with Crippen LogP contribution in [0.4, 0.5) is 10.5 Å². The zero-order valence-electron chi connectivity index (χ0n) is 18.3. The van der Waals surface area contributed by atoms with Crippen LogP contribution in [0, 0.1) is 0 Å². The van der Waals surface area contributed by atoms with Gasteiger partial charge < -0.3 is 35.0 Å². The highest BCUT2D eigenvalue weighted by molar-refractivity contribution is 5.84. The number of anilines is 1. The first kappa shape index (κ1) is 30.0. The Morgan fingerprint density at radius 3 is 1.90 bits per heavy atom. The third-order valence-corrected chi connectivity index (χ3v) is 3.64. The van der Waals surface area contributed by atoms with Crippen molar-refractivity contribution >= 4 is 17.7 Å². The van der Waals surface area contributed by atoms with Crippen LogP contribution < -0.4 is 5.32 Å². The van der Waals surface area contributed by atoms with Crippen LogP contribution in [0.2, 0.25) is 0 Å². The van der Waals surface area contributed by atoms with Crippen molar-refractivity contribution in [3.63, 3.8) is 0 Å². The molecule has 1 saturated heterocycles. The fraction of sp³-hybridized carbons (Fsp3) is 0.600. The van der Waals surface area contributed by atoms with E-state index in [9.17, 15) is 24.9 Å². The topological polar surface area (TPSA) is 166 Å². The highest BCUT2D eigenvalue weighted by Gasteiger charge is 2.48. The molecule has 1 aromatic rings. The minimum absolute atomic E-state index is 0.429. The molecule has 6 N–H and O–H groups in total. The highest BCUT2D eigenvalue weighted by Crippen LogP contribution is 2.23. The second-order valence-corrected chi connectivity index (χ2v) is 5.32. The van der Waals surface area contributed by atoms with E-state index >= 15 is 0 Å². The largest absolute Gasteiger partial charge is 0.479 e. The molecule has 0 spiro atoms. The Morgan fingerprint density at radius 1 is 0.967 bits per heavy atom. The SMILES string of the molecule is CC.CC.CCc1ccc(NC(=O)OC2OC(C(=O)O)C(O)C(O)C2O)cc1.CO. The van der Waals surface area contributed by atoms with E-state index < -0.39 is 42.8 Å². The van der Waals surface area contributed by atoms with Crippen molar-refractivity contribution in [1.82, 2.24) is 0 Å². The molecule has 1 aromatic carbocycles. The molecule has 0 aliphatic carbocycles. The van der Waals surface area contributed by atoms with Gasteiger partial charge >= 0.3 is 12.1 Å². The predicted octanol–water partition coefficient (Wildman–Crippen LogP) is 1.35. The predicted molar refractivity (Wildman–Crippen MR) is 111 cm³/mol. The number of carboxylic acids is 1. The summed E-state index contributed by atoms with van der Waals surface area (Å²) in [4.78, 5) is 22.8. The van der Waals surface area contributed by atoms with Crippen molar-refractivity contribution in [2.24, 2.45) is 0 Å². The molecule has 10 nitrogen and oxygen atoms in total. The normalized spacial score (nSPS) is 24.4. The van der Waals surface area contributed by atoms with Gasteiger partial charge in [0.2, 0.25) is 6.29 Å². The Bertz CT molecular complexity index is 594. The molecule has 1 amide bonds. The summed E-state index contributed by atoms with van der Waals surface area (Å²) in [6.07, 6.45) is -9.20. The zero-order valence-corrected chi connectivity index (χ0v) is 18.3. The maximum Gasteiger partial charge on any atom is 0.414 e. The molecule has 0 bridgehead atoms. The first-order chi connectivity index (χ1) is 14.3. The first-order valence-electron chi connectivity index (χ1n) is 9.77. The third-order valence-electron chi connectivity index (χ3n) is 3.64. The molecule has 1 aliphatic heterocycles. The molecule has 1 fully saturated rings. The molecule has 0 radical (unpaired) electrons. The van der Waals surface area contributed by atoms with Crippen LogP contribution in [0.15, 0.2) is 24.3 Å². The zero-order chi connectivity index (χ0) is 23.9. The van der Waals surface area contributed by atoms with Gasteiger partial charge in [0.15, 0.2) is 6.10 Å². The monoisotopic (exact) mass is 433 g/mol. The molecule has 174 valence electrons. The van der Waals surface area contributed by atoms with Gasteiger partial charge in [-0.15, -0.1) is 0 Å². The molecule has 0 saturated carbocycles. The van der Waals surface area contributed by atoms with Crippen LogP contribution in [-0.2, 0) is 20.7 Å². The van der Waals surface area contributed by atoms with E-state index in [1.54, 1.807) is 12.1 Å². The second kappa shape index (κ2) is 16.5. The first-order valence-corrected chi connectivity index (χ1v) is 9.77. The average molecular weight is 433 g/mol. The van der Waals surface area contributed by atoms with E-state index in [4.69, 9.17) is 19.7 Å². The standard InChI is InChI=1S/C15H19NO8.2C2H6.CH4O/c1-2-7-3-5-8(6-4-7)16-15(22)24-14-11(19)9(17)10(18)12(23-14)13(20)21;3*1-2/h3-6,9-12,14,17-19H,2H2,1H3,(H,16,22)(H,20,21);2*1-2H3;2H,1H3. The lowest BCUT2D eigenvalue weighted by molar-refractivity contribution is -0.277. The van der Waals surface area contributed by atoms with E-state index in [1.165, 1.54) is 0 Å². The Labute approximate surface area is 177 Å². The molecule has 10 heteroatoms. The van der Waals surface area contributed by atoms with Crippen LogP contribution in [0.3, 0.4) is 0 Å². The number of benzene rings is 1. The number of hydrogen-bond donors (Lipinski definition) is 6. The molecule has 30 heavy (non-hydrogen) atoms. The smallest absolute Gasteiger partial charge is 0.414 e. The summed E-state index contributed by atoms with van der Waals surface area (Å²) in [6, 6.07) is 6.91. The Hall–Kier alpha value is -2.24. The minimum Gasteiger partial charge on any atom is -0.479 e. The van der Waals surface area contributed by atoms with Gasteiger partial charge in [0.1, 0.15) is 18.3 Å². The van der Waals surface area contributed by atoms with Gasteiger partial charge in [0.25, 0.3) is 0 Å². The van der Waals surface area contributed by atoms with Gasteiger partial charge in [0.05, 0.1) is 0 Å². The average Bonchev–Trinajstić information content (AvgIpc) is 2.78. The number of hydrogen-bond acceptors (Lipinski definition) is 8. The summed E-state index contributed by atoms with van der Waals surface area (Å²) in [5.74, 6) is -1.56. The Kier molecular flexibility index (Phi) is 16.5. The molecular weight excluding hydrogens is 398 g/mol. The highest BCUT2D eigenvalue weighted by atomic mass is 16.7. The van der Waals surface area contributed by atoms with E-state index in [0.717, 1.165) is 19.1 Å². The van der Waals surface area contributed by atoms with Gasteiger partial charge in [-0.2, -0.15) is 0 Å². The number of rotatable bonds is 4. The van der Waals surface area contributed by atoms with Crippen molar-refractivity contribution in [3.05, 3.63) is 29.8 Å². The number of nitrogens with one attached hydrogen (secondary N) is 1.